The zero-order valence-electron chi connectivity index (χ0n) is 12.3. The average Bonchev–Trinajstić information content (AvgIpc) is 2.92. The Kier molecular flexibility index (Phi) is 3.70. The van der Waals surface area contributed by atoms with Gasteiger partial charge in [0.25, 0.3) is 5.91 Å². The molecule has 110 valence electrons. The molecular weight excluding hydrogens is 266 g/mol. The second-order valence-corrected chi connectivity index (χ2v) is 5.28. The average molecular weight is 285 g/mol. The minimum absolute atomic E-state index is 0.110. The van der Waals surface area contributed by atoms with Gasteiger partial charge in [-0.1, -0.05) is 0 Å². The van der Waals surface area contributed by atoms with Gasteiger partial charge in [0.2, 0.25) is 0 Å². The van der Waals surface area contributed by atoms with E-state index >= 15 is 0 Å². The maximum absolute atomic E-state index is 12.2. The summed E-state index contributed by atoms with van der Waals surface area (Å²) in [7, 11) is 1.76. The molecule has 0 aliphatic carbocycles. The van der Waals surface area contributed by atoms with Crippen molar-refractivity contribution in [3.05, 3.63) is 46.5 Å². The van der Waals surface area contributed by atoms with Crippen LogP contribution in [0.2, 0.25) is 0 Å². The van der Waals surface area contributed by atoms with Gasteiger partial charge in [-0.15, -0.1) is 0 Å². The van der Waals surface area contributed by atoms with E-state index in [4.69, 9.17) is 0 Å². The number of nitrogens with zero attached hydrogens (tertiary/aromatic N) is 3. The topological polar surface area (TPSA) is 71.8 Å². The zero-order valence-corrected chi connectivity index (χ0v) is 12.3. The molecule has 0 fully saturated rings. The Morgan fingerprint density at radius 1 is 1.52 bits per heavy atom. The number of rotatable bonds is 3. The first-order chi connectivity index (χ1) is 10.2. The molecule has 2 N–H and O–H groups in total. The number of aromatic nitrogens is 3. The normalized spacial score (nSPS) is 13.8. The van der Waals surface area contributed by atoms with Crippen LogP contribution in [0.15, 0.2) is 18.5 Å². The first-order valence-corrected chi connectivity index (χ1v) is 7.10. The predicted molar refractivity (Wildman–Crippen MR) is 78.8 cm³/mol. The molecule has 0 bridgehead atoms. The molecule has 0 saturated carbocycles. The van der Waals surface area contributed by atoms with Gasteiger partial charge < -0.3 is 10.6 Å². The van der Waals surface area contributed by atoms with Crippen molar-refractivity contribution in [1.29, 1.82) is 0 Å². The van der Waals surface area contributed by atoms with Crippen molar-refractivity contribution in [1.82, 2.24) is 25.4 Å². The van der Waals surface area contributed by atoms with E-state index in [1.807, 2.05) is 13.1 Å². The largest absolute Gasteiger partial charge is 0.347 e. The Morgan fingerprint density at radius 2 is 2.38 bits per heavy atom. The van der Waals surface area contributed by atoms with E-state index < -0.39 is 0 Å². The van der Waals surface area contributed by atoms with Crippen LogP contribution < -0.4 is 10.6 Å². The molecule has 21 heavy (non-hydrogen) atoms. The van der Waals surface area contributed by atoms with Crippen molar-refractivity contribution < 1.29 is 4.79 Å². The van der Waals surface area contributed by atoms with Crippen LogP contribution >= 0.6 is 0 Å². The molecule has 1 amide bonds. The molecule has 6 nitrogen and oxygen atoms in total. The molecule has 0 radical (unpaired) electrons. The van der Waals surface area contributed by atoms with E-state index in [1.165, 1.54) is 11.1 Å². The summed E-state index contributed by atoms with van der Waals surface area (Å²) in [6, 6.07) is 1.71. The van der Waals surface area contributed by atoms with Crippen LogP contribution in [0.4, 0.5) is 0 Å². The summed E-state index contributed by atoms with van der Waals surface area (Å²) in [6.45, 7) is 4.32. The molecule has 2 aromatic rings. The lowest BCUT2D eigenvalue weighted by Crippen LogP contribution is -2.29. The molecule has 2 aromatic heterocycles. The van der Waals surface area contributed by atoms with E-state index in [2.05, 4.69) is 20.7 Å². The second kappa shape index (κ2) is 5.65. The standard InChI is InChI=1S/C15H19N5O/c1-10-13(12-3-5-16-7-11(12)8-17-10)9-18-15(21)14-4-6-19-20(14)2/h4,6,8,16H,3,5,7,9H2,1-2H3,(H,18,21). The molecule has 0 saturated heterocycles. The van der Waals surface area contributed by atoms with Crippen molar-refractivity contribution >= 4 is 5.91 Å². The number of amides is 1. The third-order valence-electron chi connectivity index (χ3n) is 3.95. The third-order valence-corrected chi connectivity index (χ3v) is 3.95. The van der Waals surface area contributed by atoms with Crippen LogP contribution in [0.3, 0.4) is 0 Å². The molecule has 6 heteroatoms. The molecule has 0 aromatic carbocycles. The lowest BCUT2D eigenvalue weighted by molar-refractivity contribution is 0.0941. The van der Waals surface area contributed by atoms with E-state index in [1.54, 1.807) is 24.0 Å². The van der Waals surface area contributed by atoms with Gasteiger partial charge in [-0.25, -0.2) is 0 Å². The summed E-state index contributed by atoms with van der Waals surface area (Å²) >= 11 is 0. The summed E-state index contributed by atoms with van der Waals surface area (Å²) in [4.78, 5) is 16.6. The monoisotopic (exact) mass is 285 g/mol. The molecule has 1 aliphatic rings. The van der Waals surface area contributed by atoms with Crippen LogP contribution in [0.5, 0.6) is 0 Å². The maximum atomic E-state index is 12.2. The molecule has 0 unspecified atom stereocenters. The predicted octanol–water partition coefficient (Wildman–Crippen LogP) is 0.699. The molecular formula is C15H19N5O. The van der Waals surface area contributed by atoms with Gasteiger partial charge >= 0.3 is 0 Å². The molecule has 3 rings (SSSR count). The highest BCUT2D eigenvalue weighted by molar-refractivity contribution is 5.92. The lowest BCUT2D eigenvalue weighted by Gasteiger charge is -2.21. The van der Waals surface area contributed by atoms with Crippen LogP contribution in [0.25, 0.3) is 0 Å². The highest BCUT2D eigenvalue weighted by Gasteiger charge is 2.17. The summed E-state index contributed by atoms with van der Waals surface area (Å²) in [5.74, 6) is -0.110. The van der Waals surface area contributed by atoms with Gasteiger partial charge in [0.05, 0.1) is 0 Å². The minimum Gasteiger partial charge on any atom is -0.347 e. The SMILES string of the molecule is Cc1ncc2c(c1CNC(=O)c1ccnn1C)CCNC2. The van der Waals surface area contributed by atoms with E-state index in [0.29, 0.717) is 12.2 Å². The zero-order chi connectivity index (χ0) is 14.8. The fourth-order valence-corrected chi connectivity index (χ4v) is 2.73. The van der Waals surface area contributed by atoms with Crippen LogP contribution in [-0.2, 0) is 26.6 Å². The Hall–Kier alpha value is -2.21. The second-order valence-electron chi connectivity index (χ2n) is 5.28. The van der Waals surface area contributed by atoms with E-state index in [0.717, 1.165) is 30.8 Å². The van der Waals surface area contributed by atoms with Crippen LogP contribution in [-0.4, -0.2) is 27.2 Å². The van der Waals surface area contributed by atoms with Gasteiger partial charge in [-0.3, -0.25) is 14.5 Å². The third kappa shape index (κ3) is 2.67. The molecule has 1 aliphatic heterocycles. The van der Waals surface area contributed by atoms with E-state index in [9.17, 15) is 4.79 Å². The number of nitrogens with one attached hydrogen (secondary N) is 2. The molecule has 0 atom stereocenters. The van der Waals surface area contributed by atoms with Gasteiger partial charge in [-0.2, -0.15) is 5.10 Å². The number of fused-ring (bicyclic) bond motifs is 1. The number of pyridine rings is 1. The number of hydrogen-bond acceptors (Lipinski definition) is 4. The van der Waals surface area contributed by atoms with Crippen molar-refractivity contribution in [3.63, 3.8) is 0 Å². The Labute approximate surface area is 123 Å². The summed E-state index contributed by atoms with van der Waals surface area (Å²) in [6.07, 6.45) is 4.54. The van der Waals surface area contributed by atoms with Crippen LogP contribution in [0.1, 0.15) is 32.9 Å². The summed E-state index contributed by atoms with van der Waals surface area (Å²) in [5, 5.41) is 10.3. The summed E-state index contributed by atoms with van der Waals surface area (Å²) < 4.78 is 1.57. The quantitative estimate of drug-likeness (QED) is 0.871. The highest BCUT2D eigenvalue weighted by atomic mass is 16.2. The number of carbonyl (C=O) groups excluding carboxylic acids is 1. The van der Waals surface area contributed by atoms with Gasteiger partial charge in [0.15, 0.2) is 0 Å². The fourth-order valence-electron chi connectivity index (χ4n) is 2.73. The molecule has 0 spiro atoms. The number of carbonyl (C=O) groups is 1. The Morgan fingerprint density at radius 3 is 3.14 bits per heavy atom. The first kappa shape index (κ1) is 13.8. The Balaban J connectivity index is 1.79. The smallest absolute Gasteiger partial charge is 0.269 e. The van der Waals surface area contributed by atoms with E-state index in [-0.39, 0.29) is 5.91 Å². The fraction of sp³-hybridized carbons (Fsp3) is 0.400. The van der Waals surface area contributed by atoms with Crippen molar-refractivity contribution in [2.75, 3.05) is 6.54 Å². The summed E-state index contributed by atoms with van der Waals surface area (Å²) in [5.41, 5.74) is 5.25. The van der Waals surface area contributed by atoms with Crippen molar-refractivity contribution in [2.24, 2.45) is 7.05 Å². The van der Waals surface area contributed by atoms with Crippen LogP contribution in [0, 0.1) is 6.92 Å². The highest BCUT2D eigenvalue weighted by Crippen LogP contribution is 2.20. The Bertz CT molecular complexity index is 677. The molecule has 3 heterocycles. The maximum Gasteiger partial charge on any atom is 0.269 e. The van der Waals surface area contributed by atoms with Gasteiger partial charge in [0.1, 0.15) is 5.69 Å². The first-order valence-electron chi connectivity index (χ1n) is 7.10. The van der Waals surface area contributed by atoms with Crippen molar-refractivity contribution in [2.45, 2.75) is 26.4 Å². The minimum atomic E-state index is -0.110. The van der Waals surface area contributed by atoms with Crippen molar-refractivity contribution in [3.8, 4) is 0 Å². The number of hydrogen-bond donors (Lipinski definition) is 2. The lowest BCUT2D eigenvalue weighted by atomic mass is 9.96. The van der Waals surface area contributed by atoms with Gasteiger partial charge in [-0.05, 0) is 42.6 Å². The number of aryl methyl sites for hydroxylation is 2. The van der Waals surface area contributed by atoms with Gasteiger partial charge in [0, 0.05) is 38.2 Å².